The van der Waals surface area contributed by atoms with Gasteiger partial charge in [0.05, 0.1) is 11.0 Å². The number of benzene rings is 1. The molecule has 0 saturated heterocycles. The van der Waals surface area contributed by atoms with Gasteiger partial charge in [0.2, 0.25) is 0 Å². The summed E-state index contributed by atoms with van der Waals surface area (Å²) < 4.78 is 1.47. The maximum absolute atomic E-state index is 11.5. The average molecular weight is 201 g/mol. The highest BCUT2D eigenvalue weighted by atomic mass is 16.3. The molecule has 1 aromatic carbocycles. The van der Waals surface area contributed by atoms with Crippen LogP contribution in [0.5, 0.6) is 5.75 Å². The molecule has 0 saturated carbocycles. The number of nitrogens with one attached hydrogen (secondary N) is 1. The van der Waals surface area contributed by atoms with Gasteiger partial charge in [-0.2, -0.15) is 0 Å². The summed E-state index contributed by atoms with van der Waals surface area (Å²) in [6.07, 6.45) is 1.55. The van der Waals surface area contributed by atoms with Gasteiger partial charge < -0.3 is 10.1 Å². The molecule has 0 atom stereocenters. The Morgan fingerprint density at radius 1 is 1.33 bits per heavy atom. The molecule has 2 N–H and O–H groups in total. The molecule has 5 heteroatoms. The topological polar surface area (TPSA) is 70.4 Å². The molecule has 0 aliphatic rings. The highest BCUT2D eigenvalue weighted by Crippen LogP contribution is 2.19. The summed E-state index contributed by atoms with van der Waals surface area (Å²) in [6, 6.07) is 6.43. The van der Waals surface area contributed by atoms with E-state index in [1.54, 1.807) is 18.3 Å². The molecule has 0 bridgehead atoms. The number of H-pyrrole nitrogens is 1. The van der Waals surface area contributed by atoms with Crippen molar-refractivity contribution in [3.05, 3.63) is 40.9 Å². The van der Waals surface area contributed by atoms with Gasteiger partial charge in [-0.1, -0.05) is 0 Å². The Balaban J connectivity index is 2.65. The monoisotopic (exact) mass is 201 g/mol. The van der Waals surface area contributed by atoms with Crippen molar-refractivity contribution >= 4 is 16.7 Å². The number of aromatic nitrogens is 3. The molecule has 3 aromatic rings. The number of phenols is 1. The third kappa shape index (κ3) is 1.03. The number of aromatic amines is 1. The summed E-state index contributed by atoms with van der Waals surface area (Å²) in [6.45, 7) is 0. The van der Waals surface area contributed by atoms with E-state index in [4.69, 9.17) is 0 Å². The second-order valence-electron chi connectivity index (χ2n) is 3.26. The van der Waals surface area contributed by atoms with E-state index in [1.165, 1.54) is 16.5 Å². The minimum absolute atomic E-state index is 0.141. The van der Waals surface area contributed by atoms with E-state index in [2.05, 4.69) is 9.97 Å². The van der Waals surface area contributed by atoms with Gasteiger partial charge in [-0.25, -0.2) is 14.2 Å². The molecule has 0 aliphatic carbocycles. The fourth-order valence-corrected chi connectivity index (χ4v) is 1.66. The van der Waals surface area contributed by atoms with Crippen LogP contribution in [-0.2, 0) is 0 Å². The van der Waals surface area contributed by atoms with Crippen molar-refractivity contribution in [1.82, 2.24) is 14.4 Å². The second-order valence-corrected chi connectivity index (χ2v) is 3.26. The number of hydrogen-bond acceptors (Lipinski definition) is 3. The molecular weight excluding hydrogens is 194 g/mol. The number of hydrogen-bond donors (Lipinski definition) is 2. The Labute approximate surface area is 83.6 Å². The van der Waals surface area contributed by atoms with Crippen LogP contribution in [-0.4, -0.2) is 19.5 Å². The zero-order chi connectivity index (χ0) is 10.4. The van der Waals surface area contributed by atoms with Gasteiger partial charge in [-0.15, -0.1) is 0 Å². The lowest BCUT2D eigenvalue weighted by Gasteiger charge is -1.93. The van der Waals surface area contributed by atoms with Gasteiger partial charge in [0, 0.05) is 12.3 Å². The van der Waals surface area contributed by atoms with Crippen molar-refractivity contribution < 1.29 is 5.11 Å². The summed E-state index contributed by atoms with van der Waals surface area (Å²) in [5.41, 5.74) is 1.62. The number of nitrogens with zero attached hydrogens (tertiary/aromatic N) is 2. The molecule has 0 amide bonds. The lowest BCUT2D eigenvalue weighted by atomic mass is 10.3. The third-order valence-electron chi connectivity index (χ3n) is 2.31. The molecule has 74 valence electrons. The van der Waals surface area contributed by atoms with Gasteiger partial charge in [0.25, 0.3) is 0 Å². The van der Waals surface area contributed by atoms with Crippen molar-refractivity contribution in [3.63, 3.8) is 0 Å². The Morgan fingerprint density at radius 3 is 3.07 bits per heavy atom. The zero-order valence-electron chi connectivity index (χ0n) is 7.64. The normalized spacial score (nSPS) is 11.2. The Bertz CT molecular complexity index is 711. The SMILES string of the molecule is O=c1[nH]ccc2nc3cc(O)ccc3n12. The van der Waals surface area contributed by atoms with E-state index < -0.39 is 0 Å². The van der Waals surface area contributed by atoms with Crippen LogP contribution in [0.4, 0.5) is 0 Å². The van der Waals surface area contributed by atoms with E-state index in [0.29, 0.717) is 16.7 Å². The fourth-order valence-electron chi connectivity index (χ4n) is 1.66. The van der Waals surface area contributed by atoms with Gasteiger partial charge in [-0.3, -0.25) is 0 Å². The number of imidazole rings is 1. The minimum atomic E-state index is -0.235. The predicted octanol–water partition coefficient (Wildman–Crippen LogP) is 0.881. The van der Waals surface area contributed by atoms with Crippen LogP contribution in [0, 0.1) is 0 Å². The molecule has 3 rings (SSSR count). The van der Waals surface area contributed by atoms with E-state index in [1.807, 2.05) is 0 Å². The zero-order valence-corrected chi connectivity index (χ0v) is 7.64. The fraction of sp³-hybridized carbons (Fsp3) is 0. The molecule has 0 spiro atoms. The first-order chi connectivity index (χ1) is 7.25. The first kappa shape index (κ1) is 8.05. The maximum Gasteiger partial charge on any atom is 0.331 e. The van der Waals surface area contributed by atoms with Gasteiger partial charge in [0.15, 0.2) is 0 Å². The number of aromatic hydroxyl groups is 1. The highest BCUT2D eigenvalue weighted by molar-refractivity contribution is 5.81. The number of phenolic OH excluding ortho intramolecular Hbond substituents is 1. The molecule has 0 unspecified atom stereocenters. The molecule has 0 radical (unpaired) electrons. The summed E-state index contributed by atoms with van der Waals surface area (Å²) in [5.74, 6) is 0.141. The molecule has 2 heterocycles. The smallest absolute Gasteiger partial charge is 0.331 e. The minimum Gasteiger partial charge on any atom is -0.508 e. The van der Waals surface area contributed by atoms with Crippen LogP contribution in [0.3, 0.4) is 0 Å². The number of rotatable bonds is 0. The van der Waals surface area contributed by atoms with E-state index in [9.17, 15) is 9.90 Å². The summed E-state index contributed by atoms with van der Waals surface area (Å²) in [5, 5.41) is 9.29. The van der Waals surface area contributed by atoms with E-state index >= 15 is 0 Å². The standard InChI is InChI=1S/C10H7N3O2/c14-6-1-2-8-7(5-6)12-9-3-4-11-10(15)13(8)9/h1-5,14H,(H,11,15). The van der Waals surface area contributed by atoms with Crippen molar-refractivity contribution in [3.8, 4) is 5.75 Å². The molecule has 5 nitrogen and oxygen atoms in total. The van der Waals surface area contributed by atoms with Crippen molar-refractivity contribution in [2.75, 3.05) is 0 Å². The van der Waals surface area contributed by atoms with Crippen LogP contribution in [0.2, 0.25) is 0 Å². The molecule has 0 aliphatic heterocycles. The van der Waals surface area contributed by atoms with Gasteiger partial charge in [0.1, 0.15) is 11.4 Å². The van der Waals surface area contributed by atoms with E-state index in [0.717, 1.165) is 0 Å². The quantitative estimate of drug-likeness (QED) is 0.567. The molecular formula is C10H7N3O2. The first-order valence-electron chi connectivity index (χ1n) is 4.44. The van der Waals surface area contributed by atoms with Gasteiger partial charge in [-0.05, 0) is 18.2 Å². The molecule has 15 heavy (non-hydrogen) atoms. The van der Waals surface area contributed by atoms with Crippen LogP contribution in [0.25, 0.3) is 16.7 Å². The van der Waals surface area contributed by atoms with Crippen molar-refractivity contribution in [1.29, 1.82) is 0 Å². The van der Waals surface area contributed by atoms with Crippen molar-refractivity contribution in [2.24, 2.45) is 0 Å². The molecule has 0 fully saturated rings. The number of fused-ring (bicyclic) bond motifs is 3. The lowest BCUT2D eigenvalue weighted by Crippen LogP contribution is -2.14. The second kappa shape index (κ2) is 2.60. The van der Waals surface area contributed by atoms with Crippen LogP contribution >= 0.6 is 0 Å². The lowest BCUT2D eigenvalue weighted by molar-refractivity contribution is 0.476. The Morgan fingerprint density at radius 2 is 2.20 bits per heavy atom. The van der Waals surface area contributed by atoms with Crippen molar-refractivity contribution in [2.45, 2.75) is 0 Å². The Hall–Kier alpha value is -2.30. The van der Waals surface area contributed by atoms with Gasteiger partial charge >= 0.3 is 5.69 Å². The third-order valence-corrected chi connectivity index (χ3v) is 2.31. The summed E-state index contributed by atoms with van der Waals surface area (Å²) in [4.78, 5) is 18.3. The molecule has 2 aromatic heterocycles. The predicted molar refractivity (Wildman–Crippen MR) is 55.0 cm³/mol. The van der Waals surface area contributed by atoms with Crippen LogP contribution in [0.15, 0.2) is 35.3 Å². The van der Waals surface area contributed by atoms with E-state index in [-0.39, 0.29) is 11.4 Å². The summed E-state index contributed by atoms with van der Waals surface area (Å²) >= 11 is 0. The van der Waals surface area contributed by atoms with Crippen LogP contribution in [0.1, 0.15) is 0 Å². The largest absolute Gasteiger partial charge is 0.508 e. The van der Waals surface area contributed by atoms with Crippen LogP contribution < -0.4 is 5.69 Å². The summed E-state index contributed by atoms with van der Waals surface area (Å²) in [7, 11) is 0. The Kier molecular flexibility index (Phi) is 1.39. The first-order valence-corrected chi connectivity index (χ1v) is 4.44. The average Bonchev–Trinajstić information content (AvgIpc) is 2.56. The maximum atomic E-state index is 11.5. The highest BCUT2D eigenvalue weighted by Gasteiger charge is 2.06.